The van der Waals surface area contributed by atoms with Gasteiger partial charge in [0, 0.05) is 28.4 Å². The monoisotopic (exact) mass is 273 g/mol. The minimum absolute atomic E-state index is 0.117. The number of carbonyl (C=O) groups is 1. The van der Waals surface area contributed by atoms with Gasteiger partial charge < -0.3 is 5.73 Å². The van der Waals surface area contributed by atoms with Crippen LogP contribution in [0.5, 0.6) is 0 Å². The molecule has 0 bridgehead atoms. The Morgan fingerprint density at radius 2 is 2.06 bits per heavy atom. The molecular formula is C13H17Cl2NO. The third kappa shape index (κ3) is 3.44. The highest BCUT2D eigenvalue weighted by atomic mass is 35.5. The molecule has 0 aliphatic heterocycles. The summed E-state index contributed by atoms with van der Waals surface area (Å²) in [6.07, 6.45) is 1.03. The van der Waals surface area contributed by atoms with Crippen LogP contribution in [0.25, 0.3) is 0 Å². The number of hydrogen-bond acceptors (Lipinski definition) is 2. The fraction of sp³-hybridized carbons (Fsp3) is 0.462. The molecule has 0 heterocycles. The quantitative estimate of drug-likeness (QED) is 0.893. The summed E-state index contributed by atoms with van der Waals surface area (Å²) >= 11 is 11.9. The topological polar surface area (TPSA) is 43.1 Å². The highest BCUT2D eigenvalue weighted by Crippen LogP contribution is 2.26. The Balaban J connectivity index is 2.88. The Bertz CT molecular complexity index is 414. The van der Waals surface area contributed by atoms with Gasteiger partial charge in [0.05, 0.1) is 0 Å². The van der Waals surface area contributed by atoms with Crippen molar-refractivity contribution < 1.29 is 4.79 Å². The van der Waals surface area contributed by atoms with Gasteiger partial charge in [-0.05, 0) is 24.1 Å². The molecule has 4 heteroatoms. The first-order chi connectivity index (χ1) is 7.92. The maximum absolute atomic E-state index is 12.2. The number of halogens is 2. The molecule has 2 nitrogen and oxygen atoms in total. The SMILES string of the molecule is CCC(C)(CN)C(=O)Cc1ccc(Cl)cc1Cl. The number of ketones is 1. The molecule has 17 heavy (non-hydrogen) atoms. The van der Waals surface area contributed by atoms with Gasteiger partial charge in [0.15, 0.2) is 0 Å². The van der Waals surface area contributed by atoms with Gasteiger partial charge in [0.2, 0.25) is 0 Å². The first-order valence-electron chi connectivity index (χ1n) is 5.60. The fourth-order valence-electron chi connectivity index (χ4n) is 1.51. The third-order valence-electron chi connectivity index (χ3n) is 3.27. The minimum atomic E-state index is -0.469. The lowest BCUT2D eigenvalue weighted by Crippen LogP contribution is -2.36. The Hall–Kier alpha value is -0.570. The zero-order valence-electron chi connectivity index (χ0n) is 10.1. The standard InChI is InChI=1S/C13H17Cl2NO/c1-3-13(2,8-16)12(17)6-9-4-5-10(14)7-11(9)15/h4-5,7H,3,6,8,16H2,1-2H3. The summed E-state index contributed by atoms with van der Waals surface area (Å²) in [5.41, 5.74) is 5.99. The van der Waals surface area contributed by atoms with E-state index in [4.69, 9.17) is 28.9 Å². The molecule has 0 saturated heterocycles. The molecule has 1 aromatic carbocycles. The molecular weight excluding hydrogens is 257 g/mol. The van der Waals surface area contributed by atoms with E-state index < -0.39 is 5.41 Å². The van der Waals surface area contributed by atoms with E-state index in [0.717, 1.165) is 12.0 Å². The van der Waals surface area contributed by atoms with Gasteiger partial charge in [0.1, 0.15) is 5.78 Å². The molecule has 1 atom stereocenters. The van der Waals surface area contributed by atoms with Crippen LogP contribution in [0.2, 0.25) is 10.0 Å². The molecule has 0 amide bonds. The summed E-state index contributed by atoms with van der Waals surface area (Å²) in [6, 6.07) is 5.18. The van der Waals surface area contributed by atoms with E-state index in [0.29, 0.717) is 23.0 Å². The first kappa shape index (κ1) is 14.5. The average Bonchev–Trinajstić information content (AvgIpc) is 2.31. The maximum atomic E-state index is 12.2. The zero-order chi connectivity index (χ0) is 13.1. The summed E-state index contributed by atoms with van der Waals surface area (Å²) in [4.78, 5) is 12.2. The number of carbonyl (C=O) groups excluding carboxylic acids is 1. The summed E-state index contributed by atoms with van der Waals surface area (Å²) in [7, 11) is 0. The maximum Gasteiger partial charge on any atom is 0.144 e. The van der Waals surface area contributed by atoms with Crippen molar-refractivity contribution in [3.8, 4) is 0 Å². The predicted molar refractivity (Wildman–Crippen MR) is 72.6 cm³/mol. The van der Waals surface area contributed by atoms with Crippen molar-refractivity contribution in [2.24, 2.45) is 11.1 Å². The molecule has 0 fully saturated rings. The molecule has 1 aromatic rings. The highest BCUT2D eigenvalue weighted by Gasteiger charge is 2.29. The van der Waals surface area contributed by atoms with Crippen molar-refractivity contribution in [1.29, 1.82) is 0 Å². The largest absolute Gasteiger partial charge is 0.329 e. The average molecular weight is 274 g/mol. The van der Waals surface area contributed by atoms with Gasteiger partial charge in [-0.25, -0.2) is 0 Å². The van der Waals surface area contributed by atoms with Crippen LogP contribution in [0.4, 0.5) is 0 Å². The molecule has 0 spiro atoms. The van der Waals surface area contributed by atoms with Crippen molar-refractivity contribution in [2.45, 2.75) is 26.7 Å². The summed E-state index contributed by atoms with van der Waals surface area (Å²) in [6.45, 7) is 4.21. The number of hydrogen-bond donors (Lipinski definition) is 1. The van der Waals surface area contributed by atoms with Crippen molar-refractivity contribution in [2.75, 3.05) is 6.54 Å². The van der Waals surface area contributed by atoms with E-state index in [2.05, 4.69) is 0 Å². The van der Waals surface area contributed by atoms with Crippen molar-refractivity contribution in [3.05, 3.63) is 33.8 Å². The lowest BCUT2D eigenvalue weighted by molar-refractivity contribution is -0.126. The Morgan fingerprint density at radius 1 is 1.41 bits per heavy atom. The van der Waals surface area contributed by atoms with Crippen molar-refractivity contribution in [1.82, 2.24) is 0 Å². The second kappa shape index (κ2) is 5.85. The molecule has 0 aliphatic carbocycles. The second-order valence-corrected chi connectivity index (χ2v) is 5.30. The number of nitrogens with two attached hydrogens (primary N) is 1. The predicted octanol–water partition coefficient (Wildman–Crippen LogP) is 3.48. The van der Waals surface area contributed by atoms with E-state index in [1.165, 1.54) is 0 Å². The molecule has 1 rings (SSSR count). The molecule has 0 radical (unpaired) electrons. The number of Topliss-reactive ketones (excluding diaryl/α,β-unsaturated/α-hetero) is 1. The van der Waals surface area contributed by atoms with E-state index in [9.17, 15) is 4.79 Å². The van der Waals surface area contributed by atoms with Crippen LogP contribution in [0.15, 0.2) is 18.2 Å². The van der Waals surface area contributed by atoms with Crippen LogP contribution in [-0.2, 0) is 11.2 Å². The van der Waals surface area contributed by atoms with E-state index >= 15 is 0 Å². The van der Waals surface area contributed by atoms with Gasteiger partial charge in [0.25, 0.3) is 0 Å². The Kier molecular flexibility index (Phi) is 4.99. The minimum Gasteiger partial charge on any atom is -0.329 e. The van der Waals surface area contributed by atoms with Gasteiger partial charge in [-0.3, -0.25) is 4.79 Å². The van der Waals surface area contributed by atoms with Gasteiger partial charge >= 0.3 is 0 Å². The van der Waals surface area contributed by atoms with Gasteiger partial charge in [-0.1, -0.05) is 43.1 Å². The Labute approximate surface area is 112 Å². The van der Waals surface area contributed by atoms with E-state index in [-0.39, 0.29) is 5.78 Å². The zero-order valence-corrected chi connectivity index (χ0v) is 11.6. The number of rotatable bonds is 5. The lowest BCUT2D eigenvalue weighted by atomic mass is 9.80. The molecule has 1 unspecified atom stereocenters. The van der Waals surface area contributed by atoms with Crippen LogP contribution in [0, 0.1) is 5.41 Å². The van der Waals surface area contributed by atoms with Crippen LogP contribution in [-0.4, -0.2) is 12.3 Å². The highest BCUT2D eigenvalue weighted by molar-refractivity contribution is 6.35. The molecule has 0 aliphatic rings. The Morgan fingerprint density at radius 3 is 2.53 bits per heavy atom. The van der Waals surface area contributed by atoms with Crippen LogP contribution in [0.3, 0.4) is 0 Å². The molecule has 2 N–H and O–H groups in total. The number of benzene rings is 1. The van der Waals surface area contributed by atoms with E-state index in [1.54, 1.807) is 18.2 Å². The fourth-order valence-corrected chi connectivity index (χ4v) is 1.98. The smallest absolute Gasteiger partial charge is 0.144 e. The normalized spacial score (nSPS) is 14.4. The van der Waals surface area contributed by atoms with Crippen molar-refractivity contribution >= 4 is 29.0 Å². The molecule has 94 valence electrons. The van der Waals surface area contributed by atoms with Crippen LogP contribution < -0.4 is 5.73 Å². The first-order valence-corrected chi connectivity index (χ1v) is 6.36. The second-order valence-electron chi connectivity index (χ2n) is 4.45. The molecule has 0 saturated carbocycles. The summed E-state index contributed by atoms with van der Waals surface area (Å²) < 4.78 is 0. The van der Waals surface area contributed by atoms with Crippen LogP contribution >= 0.6 is 23.2 Å². The van der Waals surface area contributed by atoms with Gasteiger partial charge in [-0.15, -0.1) is 0 Å². The van der Waals surface area contributed by atoms with Gasteiger partial charge in [-0.2, -0.15) is 0 Å². The van der Waals surface area contributed by atoms with E-state index in [1.807, 2.05) is 13.8 Å². The van der Waals surface area contributed by atoms with Crippen molar-refractivity contribution in [3.63, 3.8) is 0 Å². The lowest BCUT2D eigenvalue weighted by Gasteiger charge is -2.24. The van der Waals surface area contributed by atoms with Crippen LogP contribution in [0.1, 0.15) is 25.8 Å². The summed E-state index contributed by atoms with van der Waals surface area (Å²) in [5.74, 6) is 0.117. The third-order valence-corrected chi connectivity index (χ3v) is 3.86. The summed E-state index contributed by atoms with van der Waals surface area (Å²) in [5, 5.41) is 1.10. The molecule has 0 aromatic heterocycles.